The van der Waals surface area contributed by atoms with Crippen molar-refractivity contribution in [1.82, 2.24) is 4.90 Å². The fraction of sp³-hybridized carbons (Fsp3) is 0.533. The number of fused-ring (bicyclic) bond motifs is 1. The Morgan fingerprint density at radius 1 is 1.52 bits per heavy atom. The number of halogens is 1. The zero-order chi connectivity index (χ0) is 15.4. The molecule has 1 aromatic rings. The zero-order valence-corrected chi connectivity index (χ0v) is 14.1. The van der Waals surface area contributed by atoms with Crippen molar-refractivity contribution in [2.24, 2.45) is 10.9 Å². The molecule has 0 radical (unpaired) electrons. The van der Waals surface area contributed by atoms with E-state index in [1.807, 2.05) is 0 Å². The summed E-state index contributed by atoms with van der Waals surface area (Å²) in [7, 11) is 0. The van der Waals surface area contributed by atoms with Crippen LogP contribution in [0.15, 0.2) is 21.8 Å². The second-order valence-corrected chi connectivity index (χ2v) is 6.47. The molecule has 0 bridgehead atoms. The first-order valence-corrected chi connectivity index (χ1v) is 7.95. The molecule has 0 amide bonds. The van der Waals surface area contributed by atoms with Crippen molar-refractivity contribution in [3.63, 3.8) is 0 Å². The summed E-state index contributed by atoms with van der Waals surface area (Å²) in [5.41, 5.74) is 8.02. The van der Waals surface area contributed by atoms with Gasteiger partial charge in [0.15, 0.2) is 0 Å². The first kappa shape index (κ1) is 16.1. The molecule has 0 saturated carbocycles. The van der Waals surface area contributed by atoms with Gasteiger partial charge in [-0.1, -0.05) is 21.1 Å². The molecule has 1 aliphatic heterocycles. The van der Waals surface area contributed by atoms with E-state index in [9.17, 15) is 0 Å². The Morgan fingerprint density at radius 3 is 2.95 bits per heavy atom. The Hall–Kier alpha value is -1.27. The van der Waals surface area contributed by atoms with Crippen LogP contribution >= 0.6 is 15.9 Å². The van der Waals surface area contributed by atoms with Crippen LogP contribution in [0.1, 0.15) is 31.4 Å². The molecule has 1 heterocycles. The number of benzene rings is 1. The highest BCUT2D eigenvalue weighted by Gasteiger charge is 2.20. The number of amidine groups is 1. The highest BCUT2D eigenvalue weighted by atomic mass is 79.9. The van der Waals surface area contributed by atoms with Crippen molar-refractivity contribution in [2.75, 3.05) is 13.2 Å². The molecule has 1 aromatic carbocycles. The highest BCUT2D eigenvalue weighted by molar-refractivity contribution is 9.10. The second kappa shape index (κ2) is 7.13. The van der Waals surface area contributed by atoms with Gasteiger partial charge in [-0.05, 0) is 31.5 Å². The topological polar surface area (TPSA) is 71.1 Å². The molecule has 5 nitrogen and oxygen atoms in total. The summed E-state index contributed by atoms with van der Waals surface area (Å²) in [6.07, 6.45) is 1.51. The monoisotopic (exact) mass is 355 g/mol. The maximum Gasteiger partial charge on any atom is 0.140 e. The maximum atomic E-state index is 8.66. The Kier molecular flexibility index (Phi) is 5.47. The van der Waals surface area contributed by atoms with Gasteiger partial charge in [-0.15, -0.1) is 0 Å². The summed E-state index contributed by atoms with van der Waals surface area (Å²) in [5, 5.41) is 11.7. The third kappa shape index (κ3) is 4.11. The quantitative estimate of drug-likeness (QED) is 0.356. The van der Waals surface area contributed by atoms with E-state index in [2.05, 4.69) is 52.0 Å². The van der Waals surface area contributed by atoms with Crippen molar-refractivity contribution < 1.29 is 9.94 Å². The number of hydrogen-bond donors (Lipinski definition) is 2. The molecule has 0 spiro atoms. The normalized spacial score (nSPS) is 14.6. The lowest BCUT2D eigenvalue weighted by Crippen LogP contribution is -2.33. The lowest BCUT2D eigenvalue weighted by Gasteiger charge is -2.27. The first-order chi connectivity index (χ1) is 10.0. The lowest BCUT2D eigenvalue weighted by molar-refractivity contribution is 0.214. The van der Waals surface area contributed by atoms with Crippen LogP contribution in [-0.4, -0.2) is 35.1 Å². The van der Waals surface area contributed by atoms with Crippen LogP contribution in [0.25, 0.3) is 0 Å². The average molecular weight is 356 g/mol. The summed E-state index contributed by atoms with van der Waals surface area (Å²) in [6.45, 7) is 6.58. The summed E-state index contributed by atoms with van der Waals surface area (Å²) in [4.78, 5) is 2.29. The molecule has 0 atom stereocenters. The Labute approximate surface area is 133 Å². The summed E-state index contributed by atoms with van der Waals surface area (Å²) >= 11 is 3.57. The molecule has 2 rings (SSSR count). The van der Waals surface area contributed by atoms with Crippen LogP contribution in [0.3, 0.4) is 0 Å². The van der Waals surface area contributed by atoms with Gasteiger partial charge in [-0.2, -0.15) is 0 Å². The van der Waals surface area contributed by atoms with Crippen molar-refractivity contribution in [1.29, 1.82) is 0 Å². The van der Waals surface area contributed by atoms with E-state index in [-0.39, 0.29) is 5.84 Å². The molecule has 0 aromatic heterocycles. The minimum Gasteiger partial charge on any atom is -0.493 e. The third-order valence-corrected chi connectivity index (χ3v) is 4.17. The number of nitrogens with zero attached hydrogens (tertiary/aromatic N) is 2. The van der Waals surface area contributed by atoms with E-state index >= 15 is 0 Å². The maximum absolute atomic E-state index is 8.66. The number of ether oxygens (including phenoxy) is 1. The number of nitrogens with two attached hydrogens (primary N) is 1. The predicted octanol–water partition coefficient (Wildman–Crippen LogP) is 2.73. The van der Waals surface area contributed by atoms with Gasteiger partial charge >= 0.3 is 0 Å². The Morgan fingerprint density at radius 2 is 2.29 bits per heavy atom. The van der Waals surface area contributed by atoms with Crippen molar-refractivity contribution in [3.8, 4) is 5.75 Å². The fourth-order valence-electron chi connectivity index (χ4n) is 2.51. The third-order valence-electron chi connectivity index (χ3n) is 3.71. The largest absolute Gasteiger partial charge is 0.493 e. The second-order valence-electron chi connectivity index (χ2n) is 5.56. The van der Waals surface area contributed by atoms with E-state index in [1.54, 1.807) is 0 Å². The van der Waals surface area contributed by atoms with E-state index in [4.69, 9.17) is 15.7 Å². The number of hydrogen-bond acceptors (Lipinski definition) is 4. The molecule has 0 aliphatic carbocycles. The van der Waals surface area contributed by atoms with Crippen molar-refractivity contribution in [2.45, 2.75) is 39.3 Å². The van der Waals surface area contributed by atoms with Crippen LogP contribution in [0.4, 0.5) is 0 Å². The molecule has 0 saturated heterocycles. The molecule has 116 valence electrons. The SMILES string of the molecule is CC(C)N(CC/C(N)=N/O)Cc1cc(Br)cc2c1OCC2. The van der Waals surface area contributed by atoms with Gasteiger partial charge in [0.2, 0.25) is 0 Å². The molecular weight excluding hydrogens is 334 g/mol. The van der Waals surface area contributed by atoms with Gasteiger partial charge < -0.3 is 15.7 Å². The molecule has 6 heteroatoms. The minimum atomic E-state index is 0.261. The Balaban J connectivity index is 2.14. The standard InChI is InChI=1S/C15H22BrN3O2/c1-10(2)19(5-3-14(17)18-20)9-12-8-13(16)7-11-4-6-21-15(11)12/h7-8,10,20H,3-6,9H2,1-2H3,(H2,17,18). The van der Waals surface area contributed by atoms with Crippen molar-refractivity contribution >= 4 is 21.8 Å². The van der Waals surface area contributed by atoms with Gasteiger partial charge in [0, 0.05) is 42.0 Å². The van der Waals surface area contributed by atoms with Crippen LogP contribution < -0.4 is 10.5 Å². The lowest BCUT2D eigenvalue weighted by atomic mass is 10.1. The molecule has 3 N–H and O–H groups in total. The van der Waals surface area contributed by atoms with E-state index < -0.39 is 0 Å². The van der Waals surface area contributed by atoms with Crippen LogP contribution in [0, 0.1) is 0 Å². The highest BCUT2D eigenvalue weighted by Crippen LogP contribution is 2.34. The van der Waals surface area contributed by atoms with E-state index in [1.165, 1.54) is 11.1 Å². The van der Waals surface area contributed by atoms with E-state index in [0.29, 0.717) is 12.5 Å². The smallest absolute Gasteiger partial charge is 0.140 e. The number of oxime groups is 1. The molecule has 21 heavy (non-hydrogen) atoms. The summed E-state index contributed by atoms with van der Waals surface area (Å²) < 4.78 is 6.86. The van der Waals surface area contributed by atoms with Crippen molar-refractivity contribution in [3.05, 3.63) is 27.7 Å². The van der Waals surface area contributed by atoms with Gasteiger partial charge in [0.1, 0.15) is 11.6 Å². The van der Waals surface area contributed by atoms with Gasteiger partial charge in [0.05, 0.1) is 6.61 Å². The zero-order valence-electron chi connectivity index (χ0n) is 12.5. The van der Waals surface area contributed by atoms with Gasteiger partial charge in [-0.25, -0.2) is 0 Å². The van der Waals surface area contributed by atoms with Crippen LogP contribution in [0.5, 0.6) is 5.75 Å². The molecule has 0 fully saturated rings. The van der Waals surface area contributed by atoms with Crippen LogP contribution in [0.2, 0.25) is 0 Å². The van der Waals surface area contributed by atoms with Gasteiger partial charge in [-0.3, -0.25) is 4.90 Å². The van der Waals surface area contributed by atoms with Gasteiger partial charge in [0.25, 0.3) is 0 Å². The van der Waals surface area contributed by atoms with Crippen LogP contribution in [-0.2, 0) is 13.0 Å². The summed E-state index contributed by atoms with van der Waals surface area (Å²) in [5.74, 6) is 1.28. The number of rotatable bonds is 6. The van der Waals surface area contributed by atoms with E-state index in [0.717, 1.165) is 36.3 Å². The minimum absolute atomic E-state index is 0.261. The first-order valence-electron chi connectivity index (χ1n) is 7.15. The molecule has 0 unspecified atom stereocenters. The fourth-order valence-corrected chi connectivity index (χ4v) is 3.06. The Bertz CT molecular complexity index is 532. The molecular formula is C15H22BrN3O2. The molecule has 1 aliphatic rings. The average Bonchev–Trinajstić information content (AvgIpc) is 2.90. The summed E-state index contributed by atoms with van der Waals surface area (Å²) in [6, 6.07) is 4.61. The predicted molar refractivity (Wildman–Crippen MR) is 86.9 cm³/mol.